The zero-order valence-corrected chi connectivity index (χ0v) is 15.0. The third-order valence-corrected chi connectivity index (χ3v) is 4.11. The maximum absolute atomic E-state index is 10.1. The molecule has 1 rings (SSSR count). The summed E-state index contributed by atoms with van der Waals surface area (Å²) in [4.78, 5) is 0. The normalized spacial score (nSPS) is 12.5. The molecule has 5 heteroatoms. The molecule has 123 valence electrons. The summed E-state index contributed by atoms with van der Waals surface area (Å²) in [7, 11) is 4.92. The molecule has 1 N–H and O–H groups in total. The third-order valence-electron chi connectivity index (χ3n) is 4.11. The SMILES string of the molecule is COc1cc([B]OC(C)(C)C(C)(C)O)cc(OC)c1C(C)C. The number of rotatable bonds is 7. The fraction of sp³-hybridized carbons (Fsp3) is 0.647. The molecule has 1 radical (unpaired) electrons. The van der Waals surface area contributed by atoms with Crippen molar-refractivity contribution >= 4 is 12.9 Å². The fourth-order valence-corrected chi connectivity index (χ4v) is 1.96. The molecule has 0 aliphatic heterocycles. The summed E-state index contributed by atoms with van der Waals surface area (Å²) in [5.41, 5.74) is 0.180. The molecule has 1 aromatic rings. The van der Waals surface area contributed by atoms with Gasteiger partial charge in [-0.3, -0.25) is 0 Å². The van der Waals surface area contributed by atoms with Crippen LogP contribution in [0.15, 0.2) is 12.1 Å². The quantitative estimate of drug-likeness (QED) is 0.787. The second kappa shape index (κ2) is 6.92. The van der Waals surface area contributed by atoms with E-state index in [2.05, 4.69) is 13.8 Å². The van der Waals surface area contributed by atoms with Crippen LogP contribution in [-0.2, 0) is 4.65 Å². The van der Waals surface area contributed by atoms with Crippen LogP contribution in [0, 0.1) is 0 Å². The van der Waals surface area contributed by atoms with E-state index in [1.54, 1.807) is 35.5 Å². The van der Waals surface area contributed by atoms with Gasteiger partial charge >= 0.3 is 7.48 Å². The molecule has 0 saturated carbocycles. The van der Waals surface area contributed by atoms with Crippen molar-refractivity contribution in [2.75, 3.05) is 14.2 Å². The monoisotopic (exact) mass is 307 g/mol. The molecule has 0 spiro atoms. The van der Waals surface area contributed by atoms with Crippen molar-refractivity contribution in [2.24, 2.45) is 0 Å². The maximum atomic E-state index is 10.1. The minimum absolute atomic E-state index is 0.285. The van der Waals surface area contributed by atoms with Crippen LogP contribution >= 0.6 is 0 Å². The summed E-state index contributed by atoms with van der Waals surface area (Å²) in [6.45, 7) is 11.3. The lowest BCUT2D eigenvalue weighted by molar-refractivity contribution is -0.0893. The van der Waals surface area contributed by atoms with E-state index >= 15 is 0 Å². The van der Waals surface area contributed by atoms with Crippen LogP contribution in [0.2, 0.25) is 0 Å². The first-order chi connectivity index (χ1) is 10.0. The smallest absolute Gasteiger partial charge is 0.331 e. The Labute approximate surface area is 135 Å². The minimum Gasteiger partial charge on any atom is -0.496 e. The molecule has 0 bridgehead atoms. The van der Waals surface area contributed by atoms with Gasteiger partial charge in [0.15, 0.2) is 0 Å². The Morgan fingerprint density at radius 3 is 1.77 bits per heavy atom. The summed E-state index contributed by atoms with van der Waals surface area (Å²) in [5, 5.41) is 10.1. The fourth-order valence-electron chi connectivity index (χ4n) is 1.96. The van der Waals surface area contributed by atoms with Crippen molar-refractivity contribution in [3.63, 3.8) is 0 Å². The van der Waals surface area contributed by atoms with Crippen molar-refractivity contribution in [2.45, 2.75) is 58.7 Å². The third kappa shape index (κ3) is 4.17. The Morgan fingerprint density at radius 2 is 1.45 bits per heavy atom. The van der Waals surface area contributed by atoms with Crippen molar-refractivity contribution < 1.29 is 19.2 Å². The van der Waals surface area contributed by atoms with Crippen molar-refractivity contribution in [1.82, 2.24) is 0 Å². The molecule has 4 nitrogen and oxygen atoms in total. The average molecular weight is 307 g/mol. The van der Waals surface area contributed by atoms with Crippen LogP contribution in [0.1, 0.15) is 53.0 Å². The Kier molecular flexibility index (Phi) is 5.93. The summed E-state index contributed by atoms with van der Waals surface area (Å²) in [6, 6.07) is 3.83. The van der Waals surface area contributed by atoms with Crippen LogP contribution in [0.4, 0.5) is 0 Å². The summed E-state index contributed by atoms with van der Waals surface area (Å²) in [5.74, 6) is 1.82. The van der Waals surface area contributed by atoms with Crippen LogP contribution in [0.25, 0.3) is 0 Å². The number of ether oxygens (including phenoxy) is 2. The van der Waals surface area contributed by atoms with Crippen LogP contribution in [-0.4, -0.2) is 38.0 Å². The molecular formula is C17H28BO4. The Balaban J connectivity index is 3.07. The standard InChI is InChI=1S/C17H28BO4/c1-11(2)15-13(20-7)9-12(10-14(15)21-8)18-22-17(5,6)16(3,4)19/h9-11,19H,1-8H3. The van der Waals surface area contributed by atoms with Gasteiger partial charge in [-0.05, 0) is 51.2 Å². The lowest BCUT2D eigenvalue weighted by Crippen LogP contribution is -2.49. The predicted molar refractivity (Wildman–Crippen MR) is 90.5 cm³/mol. The van der Waals surface area contributed by atoms with E-state index in [-0.39, 0.29) is 5.92 Å². The van der Waals surface area contributed by atoms with Gasteiger partial charge in [0.05, 0.1) is 25.4 Å². The second-order valence-electron chi connectivity index (χ2n) is 6.80. The van der Waals surface area contributed by atoms with Gasteiger partial charge in [0, 0.05) is 5.56 Å². The lowest BCUT2D eigenvalue weighted by Gasteiger charge is -2.37. The molecule has 0 aliphatic carbocycles. The molecular weight excluding hydrogens is 279 g/mol. The number of aliphatic hydroxyl groups is 1. The first-order valence-electron chi connectivity index (χ1n) is 7.52. The average Bonchev–Trinajstić information content (AvgIpc) is 2.42. The first kappa shape index (κ1) is 18.9. The first-order valence-corrected chi connectivity index (χ1v) is 7.52. The second-order valence-corrected chi connectivity index (χ2v) is 6.80. The van der Waals surface area contributed by atoms with Crippen molar-refractivity contribution in [1.29, 1.82) is 0 Å². The molecule has 0 saturated heterocycles. The molecule has 0 amide bonds. The highest BCUT2D eigenvalue weighted by Gasteiger charge is 2.35. The molecule has 1 aromatic carbocycles. The number of methoxy groups -OCH3 is 2. The summed E-state index contributed by atoms with van der Waals surface area (Å²) >= 11 is 0. The van der Waals surface area contributed by atoms with Gasteiger partial charge in [-0.1, -0.05) is 13.8 Å². The van der Waals surface area contributed by atoms with Crippen LogP contribution in [0.3, 0.4) is 0 Å². The van der Waals surface area contributed by atoms with E-state index in [0.29, 0.717) is 0 Å². The minimum atomic E-state index is -0.963. The van der Waals surface area contributed by atoms with Gasteiger partial charge in [-0.15, -0.1) is 0 Å². The zero-order valence-electron chi connectivity index (χ0n) is 15.0. The van der Waals surface area contributed by atoms with Crippen molar-refractivity contribution in [3.05, 3.63) is 17.7 Å². The van der Waals surface area contributed by atoms with E-state index in [1.807, 2.05) is 26.0 Å². The summed E-state index contributed by atoms with van der Waals surface area (Å²) in [6.07, 6.45) is 0. The highest BCUT2D eigenvalue weighted by Crippen LogP contribution is 2.34. The van der Waals surface area contributed by atoms with Crippen molar-refractivity contribution in [3.8, 4) is 11.5 Å². The van der Waals surface area contributed by atoms with E-state index in [9.17, 15) is 5.11 Å². The molecule has 0 aromatic heterocycles. The van der Waals surface area contributed by atoms with E-state index < -0.39 is 11.2 Å². The Hall–Kier alpha value is -1.20. The van der Waals surface area contributed by atoms with E-state index in [4.69, 9.17) is 14.1 Å². The van der Waals surface area contributed by atoms with Gasteiger partial charge in [-0.2, -0.15) is 0 Å². The molecule has 0 fully saturated rings. The van der Waals surface area contributed by atoms with Gasteiger partial charge in [0.1, 0.15) is 11.5 Å². The Morgan fingerprint density at radius 1 is 1.00 bits per heavy atom. The van der Waals surface area contributed by atoms with Gasteiger partial charge in [-0.25, -0.2) is 0 Å². The molecule has 0 atom stereocenters. The Bertz CT molecular complexity index is 479. The molecule has 0 aliphatic rings. The number of hydrogen-bond acceptors (Lipinski definition) is 4. The van der Waals surface area contributed by atoms with Gasteiger partial charge in [0.25, 0.3) is 0 Å². The summed E-state index contributed by atoms with van der Waals surface area (Å²) < 4.78 is 16.8. The molecule has 22 heavy (non-hydrogen) atoms. The van der Waals surface area contributed by atoms with Crippen LogP contribution in [0.5, 0.6) is 11.5 Å². The molecule has 0 unspecified atom stereocenters. The van der Waals surface area contributed by atoms with E-state index in [0.717, 1.165) is 22.5 Å². The van der Waals surface area contributed by atoms with E-state index in [1.165, 1.54) is 0 Å². The zero-order chi connectivity index (χ0) is 17.1. The highest BCUT2D eigenvalue weighted by molar-refractivity contribution is 6.47. The van der Waals surface area contributed by atoms with Gasteiger partial charge in [0.2, 0.25) is 0 Å². The number of benzene rings is 1. The topological polar surface area (TPSA) is 47.9 Å². The molecule has 0 heterocycles. The number of hydrogen-bond donors (Lipinski definition) is 1. The van der Waals surface area contributed by atoms with Crippen LogP contribution < -0.4 is 14.9 Å². The van der Waals surface area contributed by atoms with Gasteiger partial charge < -0.3 is 19.2 Å². The highest BCUT2D eigenvalue weighted by atomic mass is 16.5. The maximum Gasteiger partial charge on any atom is 0.331 e. The predicted octanol–water partition coefficient (Wildman–Crippen LogP) is 2.64. The largest absolute Gasteiger partial charge is 0.496 e. The lowest BCUT2D eigenvalue weighted by atomic mass is 9.81.